The van der Waals surface area contributed by atoms with E-state index in [-0.39, 0.29) is 17.1 Å². The maximum Gasteiger partial charge on any atom is 0.259 e. The SMILES string of the molecule is Cc1cc(Br)ccc1NC(=O)c1cc(O)ccc1O. The molecule has 3 N–H and O–H groups in total. The standard InChI is InChI=1S/C14H12BrNO3/c1-8-6-9(15)2-4-12(8)16-14(19)11-7-10(17)3-5-13(11)18/h2-7,17-18H,1H3,(H,16,19). The van der Waals surface area contributed by atoms with Gasteiger partial charge < -0.3 is 15.5 Å². The number of benzene rings is 2. The highest BCUT2D eigenvalue weighted by Gasteiger charge is 2.13. The van der Waals surface area contributed by atoms with Gasteiger partial charge in [-0.1, -0.05) is 15.9 Å². The Labute approximate surface area is 118 Å². The summed E-state index contributed by atoms with van der Waals surface area (Å²) in [6.45, 7) is 1.86. The summed E-state index contributed by atoms with van der Waals surface area (Å²) in [5, 5.41) is 21.7. The first kappa shape index (κ1) is 13.4. The number of hydrogen-bond donors (Lipinski definition) is 3. The molecule has 0 saturated heterocycles. The summed E-state index contributed by atoms with van der Waals surface area (Å²) in [5.74, 6) is -0.723. The Morgan fingerprint density at radius 1 is 1.16 bits per heavy atom. The van der Waals surface area contributed by atoms with E-state index in [0.717, 1.165) is 10.0 Å². The van der Waals surface area contributed by atoms with Crippen molar-refractivity contribution in [2.75, 3.05) is 5.32 Å². The zero-order chi connectivity index (χ0) is 14.0. The highest BCUT2D eigenvalue weighted by molar-refractivity contribution is 9.10. The summed E-state index contributed by atoms with van der Waals surface area (Å²) in [7, 11) is 0. The summed E-state index contributed by atoms with van der Waals surface area (Å²) in [5.41, 5.74) is 1.57. The van der Waals surface area contributed by atoms with Crippen molar-refractivity contribution >= 4 is 27.5 Å². The van der Waals surface area contributed by atoms with Crippen molar-refractivity contribution in [1.82, 2.24) is 0 Å². The van der Waals surface area contributed by atoms with Crippen molar-refractivity contribution in [3.05, 3.63) is 52.0 Å². The van der Waals surface area contributed by atoms with Crippen molar-refractivity contribution in [1.29, 1.82) is 0 Å². The van der Waals surface area contributed by atoms with Crippen LogP contribution in [0.5, 0.6) is 11.5 Å². The zero-order valence-electron chi connectivity index (χ0n) is 10.1. The van der Waals surface area contributed by atoms with Crippen LogP contribution in [0.2, 0.25) is 0 Å². The second kappa shape index (κ2) is 5.32. The van der Waals surface area contributed by atoms with Gasteiger partial charge in [-0.2, -0.15) is 0 Å². The van der Waals surface area contributed by atoms with E-state index in [0.29, 0.717) is 5.69 Å². The molecule has 0 spiro atoms. The van der Waals surface area contributed by atoms with E-state index in [1.807, 2.05) is 19.1 Å². The van der Waals surface area contributed by atoms with Gasteiger partial charge in [0, 0.05) is 10.2 Å². The van der Waals surface area contributed by atoms with Crippen LogP contribution in [0.4, 0.5) is 5.69 Å². The van der Waals surface area contributed by atoms with E-state index in [1.165, 1.54) is 18.2 Å². The first-order valence-corrected chi connectivity index (χ1v) is 6.36. The summed E-state index contributed by atoms with van der Waals surface area (Å²) >= 11 is 3.34. The predicted octanol–water partition coefficient (Wildman–Crippen LogP) is 3.42. The van der Waals surface area contributed by atoms with Gasteiger partial charge in [-0.05, 0) is 48.9 Å². The highest BCUT2D eigenvalue weighted by atomic mass is 79.9. The molecule has 0 aliphatic rings. The molecule has 0 aliphatic heterocycles. The predicted molar refractivity (Wildman–Crippen MR) is 76.6 cm³/mol. The number of halogens is 1. The Morgan fingerprint density at radius 2 is 1.89 bits per heavy atom. The molecule has 0 aliphatic carbocycles. The monoisotopic (exact) mass is 321 g/mol. The number of phenolic OH excluding ortho intramolecular Hbond substituents is 2. The lowest BCUT2D eigenvalue weighted by Crippen LogP contribution is -2.12. The van der Waals surface area contributed by atoms with E-state index in [2.05, 4.69) is 21.2 Å². The number of anilines is 1. The number of rotatable bonds is 2. The smallest absolute Gasteiger partial charge is 0.259 e. The maximum atomic E-state index is 12.0. The second-order valence-corrected chi connectivity index (χ2v) is 5.03. The Balaban J connectivity index is 2.28. The summed E-state index contributed by atoms with van der Waals surface area (Å²) in [6.07, 6.45) is 0. The molecule has 2 rings (SSSR count). The van der Waals surface area contributed by atoms with E-state index >= 15 is 0 Å². The van der Waals surface area contributed by atoms with Gasteiger partial charge in [-0.15, -0.1) is 0 Å². The number of aromatic hydroxyl groups is 2. The number of carbonyl (C=O) groups is 1. The molecule has 0 unspecified atom stereocenters. The molecule has 2 aromatic carbocycles. The molecule has 0 saturated carbocycles. The third kappa shape index (κ3) is 3.06. The number of phenols is 2. The molecule has 0 heterocycles. The zero-order valence-corrected chi connectivity index (χ0v) is 11.7. The van der Waals surface area contributed by atoms with Crippen LogP contribution in [-0.4, -0.2) is 16.1 Å². The Morgan fingerprint density at radius 3 is 2.58 bits per heavy atom. The topological polar surface area (TPSA) is 69.6 Å². The van der Waals surface area contributed by atoms with Crippen LogP contribution in [0.3, 0.4) is 0 Å². The van der Waals surface area contributed by atoms with Crippen LogP contribution in [0.1, 0.15) is 15.9 Å². The molecule has 0 radical (unpaired) electrons. The lowest BCUT2D eigenvalue weighted by Gasteiger charge is -2.10. The van der Waals surface area contributed by atoms with Crippen LogP contribution in [0.25, 0.3) is 0 Å². The van der Waals surface area contributed by atoms with Crippen LogP contribution in [0.15, 0.2) is 40.9 Å². The van der Waals surface area contributed by atoms with E-state index in [4.69, 9.17) is 0 Å². The minimum absolute atomic E-state index is 0.0299. The normalized spacial score (nSPS) is 10.2. The van der Waals surface area contributed by atoms with Crippen molar-refractivity contribution in [2.24, 2.45) is 0 Å². The lowest BCUT2D eigenvalue weighted by atomic mass is 10.1. The fraction of sp³-hybridized carbons (Fsp3) is 0.0714. The van der Waals surface area contributed by atoms with E-state index < -0.39 is 5.91 Å². The van der Waals surface area contributed by atoms with Gasteiger partial charge >= 0.3 is 0 Å². The molecule has 98 valence electrons. The van der Waals surface area contributed by atoms with Gasteiger partial charge in [0.1, 0.15) is 11.5 Å². The molecule has 0 fully saturated rings. The molecular formula is C14H12BrNO3. The lowest BCUT2D eigenvalue weighted by molar-refractivity contribution is 0.102. The maximum absolute atomic E-state index is 12.0. The number of hydrogen-bond acceptors (Lipinski definition) is 3. The molecule has 0 aromatic heterocycles. The van der Waals surface area contributed by atoms with Gasteiger partial charge in [0.25, 0.3) is 5.91 Å². The molecule has 2 aromatic rings. The Bertz CT molecular complexity index is 641. The largest absolute Gasteiger partial charge is 0.508 e. The van der Waals surface area contributed by atoms with Crippen molar-refractivity contribution < 1.29 is 15.0 Å². The molecule has 0 atom stereocenters. The Kier molecular flexibility index (Phi) is 3.76. The fourth-order valence-corrected chi connectivity index (χ4v) is 2.14. The van der Waals surface area contributed by atoms with Crippen molar-refractivity contribution in [3.63, 3.8) is 0 Å². The molecular weight excluding hydrogens is 310 g/mol. The third-order valence-electron chi connectivity index (χ3n) is 2.66. The molecule has 0 bridgehead atoms. The number of amides is 1. The molecule has 19 heavy (non-hydrogen) atoms. The van der Waals surface area contributed by atoms with E-state index in [9.17, 15) is 15.0 Å². The van der Waals surface area contributed by atoms with Crippen LogP contribution >= 0.6 is 15.9 Å². The molecule has 4 nitrogen and oxygen atoms in total. The van der Waals surface area contributed by atoms with Gasteiger partial charge in [0.2, 0.25) is 0 Å². The van der Waals surface area contributed by atoms with Gasteiger partial charge in [0.05, 0.1) is 5.56 Å². The van der Waals surface area contributed by atoms with Gasteiger partial charge in [-0.25, -0.2) is 0 Å². The van der Waals surface area contributed by atoms with Crippen LogP contribution in [0, 0.1) is 6.92 Å². The van der Waals surface area contributed by atoms with Crippen molar-refractivity contribution in [2.45, 2.75) is 6.92 Å². The second-order valence-electron chi connectivity index (χ2n) is 4.11. The summed E-state index contributed by atoms with van der Waals surface area (Å²) in [4.78, 5) is 12.0. The average Bonchev–Trinajstić information content (AvgIpc) is 2.35. The minimum Gasteiger partial charge on any atom is -0.508 e. The Hall–Kier alpha value is -2.01. The average molecular weight is 322 g/mol. The van der Waals surface area contributed by atoms with Gasteiger partial charge in [0.15, 0.2) is 0 Å². The third-order valence-corrected chi connectivity index (χ3v) is 3.15. The van der Waals surface area contributed by atoms with Crippen LogP contribution < -0.4 is 5.32 Å². The minimum atomic E-state index is -0.473. The van der Waals surface area contributed by atoms with Gasteiger partial charge in [-0.3, -0.25) is 4.79 Å². The number of aryl methyl sites for hydroxylation is 1. The molecule has 1 amide bonds. The first-order valence-electron chi connectivity index (χ1n) is 5.57. The fourth-order valence-electron chi connectivity index (χ4n) is 1.66. The number of carbonyl (C=O) groups excluding carboxylic acids is 1. The van der Waals surface area contributed by atoms with E-state index in [1.54, 1.807) is 6.07 Å². The summed E-state index contributed by atoms with van der Waals surface area (Å²) < 4.78 is 0.920. The van der Waals surface area contributed by atoms with Crippen LogP contribution in [-0.2, 0) is 0 Å². The quantitative estimate of drug-likeness (QED) is 0.742. The summed E-state index contributed by atoms with van der Waals surface area (Å²) in [6, 6.07) is 9.26. The van der Waals surface area contributed by atoms with Crippen molar-refractivity contribution in [3.8, 4) is 11.5 Å². The highest BCUT2D eigenvalue weighted by Crippen LogP contribution is 2.25. The molecule has 5 heteroatoms. The number of nitrogens with one attached hydrogen (secondary N) is 1. The first-order chi connectivity index (χ1) is 8.97.